The minimum Gasteiger partial charge on any atom is -0.403 e. The van der Waals surface area contributed by atoms with Gasteiger partial charge in [0.05, 0.1) is 11.1 Å². The lowest BCUT2D eigenvalue weighted by Gasteiger charge is -2.20. The maximum absolute atomic E-state index is 12.8. The number of nitrogens with zero attached hydrogens (tertiary/aromatic N) is 3. The number of carbonyl (C=O) groups excluding carboxylic acids is 1. The molecule has 118 valence electrons. The van der Waals surface area contributed by atoms with Crippen molar-refractivity contribution in [1.29, 1.82) is 0 Å². The van der Waals surface area contributed by atoms with E-state index in [-0.39, 0.29) is 5.91 Å². The topological polar surface area (TPSA) is 72.1 Å². The van der Waals surface area contributed by atoms with Gasteiger partial charge in [0, 0.05) is 29.9 Å². The van der Waals surface area contributed by atoms with Crippen molar-refractivity contribution in [1.82, 2.24) is 9.97 Å². The van der Waals surface area contributed by atoms with Crippen molar-refractivity contribution in [2.45, 2.75) is 33.1 Å². The van der Waals surface area contributed by atoms with Gasteiger partial charge in [0.1, 0.15) is 5.82 Å². The number of anilines is 1. The van der Waals surface area contributed by atoms with Crippen molar-refractivity contribution in [3.63, 3.8) is 0 Å². The summed E-state index contributed by atoms with van der Waals surface area (Å²) >= 11 is 0. The van der Waals surface area contributed by atoms with Gasteiger partial charge in [0.15, 0.2) is 0 Å². The van der Waals surface area contributed by atoms with Crippen LogP contribution in [0.2, 0.25) is 0 Å². The molecule has 1 aromatic carbocycles. The minimum absolute atomic E-state index is 0.0315. The molecule has 2 N–H and O–H groups in total. The summed E-state index contributed by atoms with van der Waals surface area (Å²) in [7, 11) is 0. The highest BCUT2D eigenvalue weighted by Crippen LogP contribution is 2.44. The summed E-state index contributed by atoms with van der Waals surface area (Å²) in [5, 5.41) is 0. The molecule has 0 saturated carbocycles. The maximum Gasteiger partial charge on any atom is 0.241 e. The zero-order valence-electron chi connectivity index (χ0n) is 13.8. The highest BCUT2D eigenvalue weighted by atomic mass is 16.2. The SMILES string of the molecule is C/C(=C\N)N1C(=O)C(C)(C)c2ccc(-c3cnc(C)nc3)cc21. The van der Waals surface area contributed by atoms with Gasteiger partial charge in [0.25, 0.3) is 0 Å². The standard InChI is InChI=1S/C18H20N4O/c1-11(8-19)22-16-7-13(14-9-20-12(2)21-10-14)5-6-15(16)18(3,4)17(22)23/h5-10H,19H2,1-4H3/b11-8+. The number of fused-ring (bicyclic) bond motifs is 1. The maximum atomic E-state index is 12.8. The first kappa shape index (κ1) is 15.2. The van der Waals surface area contributed by atoms with Crippen molar-refractivity contribution in [3.05, 3.63) is 53.9 Å². The van der Waals surface area contributed by atoms with Crippen LogP contribution in [-0.2, 0) is 10.2 Å². The van der Waals surface area contributed by atoms with Gasteiger partial charge >= 0.3 is 0 Å². The second-order valence-electron chi connectivity index (χ2n) is 6.32. The van der Waals surface area contributed by atoms with Gasteiger partial charge < -0.3 is 5.73 Å². The second kappa shape index (κ2) is 5.19. The lowest BCUT2D eigenvalue weighted by molar-refractivity contribution is -0.121. The molecule has 1 aliphatic heterocycles. The van der Waals surface area contributed by atoms with Crippen molar-refractivity contribution in [2.24, 2.45) is 5.73 Å². The molecule has 0 fully saturated rings. The third-order valence-electron chi connectivity index (χ3n) is 4.36. The average Bonchev–Trinajstić information content (AvgIpc) is 2.74. The molecule has 1 amide bonds. The molecule has 0 atom stereocenters. The van der Waals surface area contributed by atoms with E-state index in [9.17, 15) is 4.79 Å². The number of rotatable bonds is 2. The van der Waals surface area contributed by atoms with Crippen LogP contribution in [-0.4, -0.2) is 15.9 Å². The van der Waals surface area contributed by atoms with E-state index in [1.807, 2.05) is 45.9 Å². The van der Waals surface area contributed by atoms with Crippen LogP contribution in [0.5, 0.6) is 0 Å². The summed E-state index contributed by atoms with van der Waals surface area (Å²) in [6.07, 6.45) is 5.05. The summed E-state index contributed by atoms with van der Waals surface area (Å²) in [4.78, 5) is 22.9. The molecule has 0 saturated heterocycles. The van der Waals surface area contributed by atoms with Gasteiger partial charge in [-0.05, 0) is 44.9 Å². The van der Waals surface area contributed by atoms with Crippen molar-refractivity contribution in [3.8, 4) is 11.1 Å². The van der Waals surface area contributed by atoms with Gasteiger partial charge in [0.2, 0.25) is 5.91 Å². The molecule has 2 aromatic rings. The molecule has 1 aromatic heterocycles. The number of allylic oxidation sites excluding steroid dienone is 1. The van der Waals surface area contributed by atoms with Crippen molar-refractivity contribution >= 4 is 11.6 Å². The number of aryl methyl sites for hydroxylation is 1. The molecule has 2 heterocycles. The lowest BCUT2D eigenvalue weighted by Crippen LogP contribution is -2.35. The largest absolute Gasteiger partial charge is 0.403 e. The number of carbonyl (C=O) groups is 1. The Bertz CT molecular complexity index is 806. The van der Waals surface area contributed by atoms with Gasteiger partial charge in [-0.15, -0.1) is 0 Å². The Balaban J connectivity index is 2.17. The molecule has 0 aliphatic carbocycles. The zero-order chi connectivity index (χ0) is 16.8. The summed E-state index contributed by atoms with van der Waals surface area (Å²) < 4.78 is 0. The highest BCUT2D eigenvalue weighted by molar-refractivity contribution is 6.10. The van der Waals surface area contributed by atoms with Crippen LogP contribution in [0, 0.1) is 6.92 Å². The Hall–Kier alpha value is -2.69. The van der Waals surface area contributed by atoms with Crippen LogP contribution in [0.4, 0.5) is 5.69 Å². The summed E-state index contributed by atoms with van der Waals surface area (Å²) in [6, 6.07) is 6.02. The fourth-order valence-corrected chi connectivity index (χ4v) is 2.90. The Morgan fingerprint density at radius 2 is 1.87 bits per heavy atom. The van der Waals surface area contributed by atoms with E-state index in [2.05, 4.69) is 9.97 Å². The first-order valence-corrected chi connectivity index (χ1v) is 7.53. The number of amides is 1. The van der Waals surface area contributed by atoms with Crippen LogP contribution >= 0.6 is 0 Å². The van der Waals surface area contributed by atoms with Gasteiger partial charge in [-0.25, -0.2) is 9.97 Å². The molecule has 0 spiro atoms. The Morgan fingerprint density at radius 3 is 2.48 bits per heavy atom. The smallest absolute Gasteiger partial charge is 0.241 e. The predicted octanol–water partition coefficient (Wildman–Crippen LogP) is 2.90. The van der Waals surface area contributed by atoms with Crippen LogP contribution in [0.1, 0.15) is 32.2 Å². The van der Waals surface area contributed by atoms with Crippen molar-refractivity contribution in [2.75, 3.05) is 4.90 Å². The quantitative estimate of drug-likeness (QED) is 0.926. The van der Waals surface area contributed by atoms with Crippen LogP contribution < -0.4 is 10.6 Å². The first-order chi connectivity index (χ1) is 10.9. The van der Waals surface area contributed by atoms with E-state index in [1.54, 1.807) is 17.3 Å². The molecule has 0 radical (unpaired) electrons. The van der Waals surface area contributed by atoms with Crippen molar-refractivity contribution < 1.29 is 4.79 Å². The Kier molecular flexibility index (Phi) is 3.43. The minimum atomic E-state index is -0.568. The molecule has 23 heavy (non-hydrogen) atoms. The molecule has 0 bridgehead atoms. The zero-order valence-corrected chi connectivity index (χ0v) is 13.8. The van der Waals surface area contributed by atoms with E-state index < -0.39 is 5.41 Å². The highest BCUT2D eigenvalue weighted by Gasteiger charge is 2.44. The summed E-state index contributed by atoms with van der Waals surface area (Å²) in [5.74, 6) is 0.763. The number of aromatic nitrogens is 2. The molecular formula is C18H20N4O. The molecule has 3 rings (SSSR count). The summed E-state index contributed by atoms with van der Waals surface area (Å²) in [5.41, 5.74) is 9.57. The van der Waals surface area contributed by atoms with E-state index in [1.165, 1.54) is 6.20 Å². The van der Waals surface area contributed by atoms with Gasteiger partial charge in [-0.3, -0.25) is 9.69 Å². The van der Waals surface area contributed by atoms with Crippen LogP contribution in [0.3, 0.4) is 0 Å². The predicted molar refractivity (Wildman–Crippen MR) is 90.7 cm³/mol. The Morgan fingerprint density at radius 1 is 1.22 bits per heavy atom. The van der Waals surface area contributed by atoms with E-state index in [0.717, 1.165) is 33.9 Å². The third-order valence-corrected chi connectivity index (χ3v) is 4.36. The number of nitrogens with two attached hydrogens (primary N) is 1. The van der Waals surface area contributed by atoms with Crippen LogP contribution in [0.25, 0.3) is 11.1 Å². The van der Waals surface area contributed by atoms with Crippen LogP contribution in [0.15, 0.2) is 42.5 Å². The molecule has 5 nitrogen and oxygen atoms in total. The lowest BCUT2D eigenvalue weighted by atomic mass is 9.85. The van der Waals surface area contributed by atoms with E-state index in [4.69, 9.17) is 5.73 Å². The molecule has 1 aliphatic rings. The molecule has 5 heteroatoms. The monoisotopic (exact) mass is 308 g/mol. The van der Waals surface area contributed by atoms with Gasteiger partial charge in [-0.2, -0.15) is 0 Å². The summed E-state index contributed by atoms with van der Waals surface area (Å²) in [6.45, 7) is 7.56. The Labute approximate surface area is 135 Å². The van der Waals surface area contributed by atoms with E-state index in [0.29, 0.717) is 0 Å². The molecular weight excluding hydrogens is 288 g/mol. The fourth-order valence-electron chi connectivity index (χ4n) is 2.90. The second-order valence-corrected chi connectivity index (χ2v) is 6.32. The fraction of sp³-hybridized carbons (Fsp3) is 0.278. The molecule has 0 unspecified atom stereocenters. The third kappa shape index (κ3) is 2.29. The van der Waals surface area contributed by atoms with Gasteiger partial charge in [-0.1, -0.05) is 12.1 Å². The first-order valence-electron chi connectivity index (χ1n) is 7.53. The van der Waals surface area contributed by atoms with E-state index >= 15 is 0 Å². The average molecular weight is 308 g/mol. The number of benzene rings is 1. The number of hydrogen-bond acceptors (Lipinski definition) is 4. The normalized spacial score (nSPS) is 16.6. The number of hydrogen-bond donors (Lipinski definition) is 1.